The second-order valence-electron chi connectivity index (χ2n) is 7.06. The number of urea groups is 1. The summed E-state index contributed by atoms with van der Waals surface area (Å²) in [6.07, 6.45) is 6.31. The van der Waals surface area contributed by atoms with Gasteiger partial charge in [-0.25, -0.2) is 14.2 Å². The van der Waals surface area contributed by atoms with Gasteiger partial charge in [0, 0.05) is 50.8 Å². The van der Waals surface area contributed by atoms with Crippen molar-refractivity contribution in [2.24, 2.45) is 7.05 Å². The van der Waals surface area contributed by atoms with Gasteiger partial charge in [0.05, 0.1) is 6.54 Å². The molecule has 27 heavy (non-hydrogen) atoms. The molecule has 0 aliphatic carbocycles. The van der Waals surface area contributed by atoms with Gasteiger partial charge in [-0.05, 0) is 43.5 Å². The predicted molar refractivity (Wildman–Crippen MR) is 104 cm³/mol. The van der Waals surface area contributed by atoms with Crippen molar-refractivity contribution in [3.8, 4) is 0 Å². The minimum atomic E-state index is -0.218. The number of aryl methyl sites for hydroxylation is 1. The molecule has 2 heterocycles. The number of hydrogen-bond donors (Lipinski definition) is 1. The Morgan fingerprint density at radius 3 is 2.59 bits per heavy atom. The second kappa shape index (κ2) is 8.88. The maximum absolute atomic E-state index is 13.1. The smallest absolute Gasteiger partial charge is 0.318 e. The summed E-state index contributed by atoms with van der Waals surface area (Å²) in [5.41, 5.74) is 1.03. The fourth-order valence-electron chi connectivity index (χ4n) is 3.44. The Hall–Kier alpha value is -2.57. The lowest BCUT2D eigenvalue weighted by molar-refractivity contribution is 0.187. The number of benzene rings is 1. The number of carbonyl (C=O) groups is 1. The summed E-state index contributed by atoms with van der Waals surface area (Å²) in [7, 11) is 1.94. The van der Waals surface area contributed by atoms with Gasteiger partial charge >= 0.3 is 6.03 Å². The van der Waals surface area contributed by atoms with Gasteiger partial charge in [0.15, 0.2) is 0 Å². The normalized spacial score (nSPS) is 15.0. The molecule has 6 nitrogen and oxygen atoms in total. The van der Waals surface area contributed by atoms with Gasteiger partial charge in [-0.3, -0.25) is 0 Å². The molecular weight excluding hydrogens is 345 g/mol. The van der Waals surface area contributed by atoms with E-state index < -0.39 is 0 Å². The van der Waals surface area contributed by atoms with Crippen LogP contribution >= 0.6 is 0 Å². The lowest BCUT2D eigenvalue weighted by atomic mass is 10.0. The zero-order valence-electron chi connectivity index (χ0n) is 16.1. The van der Waals surface area contributed by atoms with Crippen molar-refractivity contribution in [1.82, 2.24) is 19.8 Å². The zero-order valence-corrected chi connectivity index (χ0v) is 16.1. The topological polar surface area (TPSA) is 53.4 Å². The molecule has 0 atom stereocenters. The average Bonchev–Trinajstić information content (AvgIpc) is 3.07. The maximum Gasteiger partial charge on any atom is 0.318 e. The van der Waals surface area contributed by atoms with Crippen LogP contribution in [0.25, 0.3) is 0 Å². The second-order valence-corrected chi connectivity index (χ2v) is 7.06. The molecule has 0 saturated carbocycles. The Bertz CT molecular complexity index is 737. The quantitative estimate of drug-likeness (QED) is 0.846. The van der Waals surface area contributed by atoms with Crippen LogP contribution < -0.4 is 10.2 Å². The fraction of sp³-hybridized carbons (Fsp3) is 0.500. The van der Waals surface area contributed by atoms with Crippen LogP contribution in [0.4, 0.5) is 14.9 Å². The summed E-state index contributed by atoms with van der Waals surface area (Å²) in [4.78, 5) is 21.1. The molecule has 1 N–H and O–H groups in total. The third-order valence-corrected chi connectivity index (χ3v) is 5.05. The molecule has 7 heteroatoms. The molecule has 0 radical (unpaired) electrons. The van der Waals surface area contributed by atoms with E-state index >= 15 is 0 Å². The van der Waals surface area contributed by atoms with Gasteiger partial charge in [-0.1, -0.05) is 6.92 Å². The Balaban J connectivity index is 1.52. The van der Waals surface area contributed by atoms with Crippen LogP contribution in [0, 0.1) is 5.82 Å². The molecule has 1 fully saturated rings. The van der Waals surface area contributed by atoms with Crippen LogP contribution in [0.15, 0.2) is 36.7 Å². The van der Waals surface area contributed by atoms with Crippen molar-refractivity contribution in [2.45, 2.75) is 38.8 Å². The molecule has 1 saturated heterocycles. The number of hydrogen-bond acceptors (Lipinski definition) is 3. The highest BCUT2D eigenvalue weighted by Crippen LogP contribution is 2.20. The first-order valence-corrected chi connectivity index (χ1v) is 9.59. The van der Waals surface area contributed by atoms with Crippen LogP contribution in [0.3, 0.4) is 0 Å². The van der Waals surface area contributed by atoms with Crippen LogP contribution in [-0.4, -0.2) is 46.2 Å². The molecule has 2 amide bonds. The highest BCUT2D eigenvalue weighted by molar-refractivity contribution is 5.74. The lowest BCUT2D eigenvalue weighted by Gasteiger charge is -2.35. The van der Waals surface area contributed by atoms with Gasteiger partial charge in [-0.15, -0.1) is 0 Å². The van der Waals surface area contributed by atoms with Crippen LogP contribution in [0.1, 0.15) is 32.0 Å². The Morgan fingerprint density at radius 2 is 2.00 bits per heavy atom. The molecule has 0 spiro atoms. The molecule has 0 unspecified atom stereocenters. The number of carbonyl (C=O) groups excluding carboxylic acids is 1. The van der Waals surface area contributed by atoms with Crippen LogP contribution in [0.2, 0.25) is 0 Å². The Labute approximate surface area is 160 Å². The highest BCUT2D eigenvalue weighted by atomic mass is 19.1. The van der Waals surface area contributed by atoms with Crippen LogP contribution in [-0.2, 0) is 13.6 Å². The van der Waals surface area contributed by atoms with Crippen molar-refractivity contribution in [3.63, 3.8) is 0 Å². The highest BCUT2D eigenvalue weighted by Gasteiger charge is 2.23. The van der Waals surface area contributed by atoms with Crippen molar-refractivity contribution >= 4 is 11.7 Å². The minimum Gasteiger partial charge on any atom is -0.371 e. The molecule has 0 bridgehead atoms. The number of piperidine rings is 1. The summed E-state index contributed by atoms with van der Waals surface area (Å²) >= 11 is 0. The van der Waals surface area contributed by atoms with Gasteiger partial charge in [0.2, 0.25) is 0 Å². The third-order valence-electron chi connectivity index (χ3n) is 5.05. The first kappa shape index (κ1) is 19.2. The number of imidazole rings is 1. The van der Waals surface area contributed by atoms with Gasteiger partial charge < -0.3 is 19.7 Å². The molecule has 1 aliphatic rings. The Kier molecular flexibility index (Phi) is 6.32. The standard InChI is InChI=1S/C20H28FN5O/c1-3-11-26(15-19-22-10-14-24(19)2)20(27)23-17-8-12-25(13-9-17)18-6-4-16(21)5-7-18/h4-7,10,14,17H,3,8-9,11-13,15H2,1-2H3,(H,23,27). The number of nitrogens with one attached hydrogen (secondary N) is 1. The first-order valence-electron chi connectivity index (χ1n) is 9.59. The molecule has 1 aromatic carbocycles. The van der Waals surface area contributed by atoms with E-state index in [9.17, 15) is 9.18 Å². The maximum atomic E-state index is 13.1. The largest absolute Gasteiger partial charge is 0.371 e. The van der Waals surface area contributed by atoms with E-state index in [1.54, 1.807) is 6.20 Å². The molecular formula is C20H28FN5O. The van der Waals surface area contributed by atoms with Crippen molar-refractivity contribution in [3.05, 3.63) is 48.3 Å². The molecule has 1 aromatic heterocycles. The van der Waals surface area contributed by atoms with E-state index in [0.717, 1.165) is 43.9 Å². The summed E-state index contributed by atoms with van der Waals surface area (Å²) in [5.74, 6) is 0.661. The van der Waals surface area contributed by atoms with E-state index in [-0.39, 0.29) is 17.9 Å². The Morgan fingerprint density at radius 1 is 1.30 bits per heavy atom. The lowest BCUT2D eigenvalue weighted by Crippen LogP contribution is -2.49. The summed E-state index contributed by atoms with van der Waals surface area (Å²) in [6.45, 7) is 4.98. The van der Waals surface area contributed by atoms with Gasteiger partial charge in [0.25, 0.3) is 0 Å². The molecule has 3 rings (SSSR count). The van der Waals surface area contributed by atoms with E-state index in [1.165, 1.54) is 12.1 Å². The summed E-state index contributed by atoms with van der Waals surface area (Å²) in [5, 5.41) is 3.18. The SMILES string of the molecule is CCCN(Cc1nccn1C)C(=O)NC1CCN(c2ccc(F)cc2)CC1. The fourth-order valence-corrected chi connectivity index (χ4v) is 3.44. The van der Waals surface area contributed by atoms with Crippen molar-refractivity contribution in [2.75, 3.05) is 24.5 Å². The number of amides is 2. The molecule has 2 aromatic rings. The van der Waals surface area contributed by atoms with Gasteiger partial charge in [0.1, 0.15) is 11.6 Å². The van der Waals surface area contributed by atoms with E-state index in [2.05, 4.69) is 22.1 Å². The van der Waals surface area contributed by atoms with Crippen molar-refractivity contribution < 1.29 is 9.18 Å². The van der Waals surface area contributed by atoms with Crippen molar-refractivity contribution in [1.29, 1.82) is 0 Å². The predicted octanol–water partition coefficient (Wildman–Crippen LogP) is 3.15. The molecule has 1 aliphatic heterocycles. The minimum absolute atomic E-state index is 0.0277. The molecule has 146 valence electrons. The van der Waals surface area contributed by atoms with Gasteiger partial charge in [-0.2, -0.15) is 0 Å². The van der Waals surface area contributed by atoms with E-state index in [1.807, 2.05) is 34.8 Å². The zero-order chi connectivity index (χ0) is 19.2. The summed E-state index contributed by atoms with van der Waals surface area (Å²) < 4.78 is 15.0. The number of rotatable bonds is 6. The number of halogens is 1. The average molecular weight is 373 g/mol. The third kappa shape index (κ3) is 4.99. The number of aromatic nitrogens is 2. The number of nitrogens with zero attached hydrogens (tertiary/aromatic N) is 4. The van der Waals surface area contributed by atoms with E-state index in [4.69, 9.17) is 0 Å². The monoisotopic (exact) mass is 373 g/mol. The van der Waals surface area contributed by atoms with E-state index in [0.29, 0.717) is 13.1 Å². The summed E-state index contributed by atoms with van der Waals surface area (Å²) in [6, 6.07) is 6.73. The number of anilines is 1. The van der Waals surface area contributed by atoms with Crippen LogP contribution in [0.5, 0.6) is 0 Å². The first-order chi connectivity index (χ1) is 13.1.